The molecule has 2 aromatic rings. The molecular formula is C28H37P. The van der Waals surface area contributed by atoms with E-state index in [2.05, 4.69) is 123 Å². The van der Waals surface area contributed by atoms with Crippen molar-refractivity contribution < 1.29 is 0 Å². The smallest absolute Gasteiger partial charge is 0.00398 e. The Morgan fingerprint density at radius 2 is 1.38 bits per heavy atom. The van der Waals surface area contributed by atoms with Gasteiger partial charge in [0.15, 0.2) is 0 Å². The molecule has 1 aliphatic heterocycles. The molecule has 1 heteroatoms. The lowest BCUT2D eigenvalue weighted by molar-refractivity contribution is 0.546. The molecule has 0 amide bonds. The highest BCUT2D eigenvalue weighted by Crippen LogP contribution is 2.63. The number of allylic oxidation sites excluding steroid dienone is 1. The van der Waals surface area contributed by atoms with Crippen molar-refractivity contribution in [3.63, 3.8) is 0 Å². The van der Waals surface area contributed by atoms with Crippen LogP contribution in [-0.4, -0.2) is 0 Å². The van der Waals surface area contributed by atoms with Gasteiger partial charge >= 0.3 is 0 Å². The van der Waals surface area contributed by atoms with Crippen molar-refractivity contribution in [1.82, 2.24) is 0 Å². The highest BCUT2D eigenvalue weighted by molar-refractivity contribution is 7.81. The summed E-state index contributed by atoms with van der Waals surface area (Å²) in [6.07, 6.45) is 4.82. The molecule has 1 aliphatic rings. The molecule has 0 saturated heterocycles. The third kappa shape index (κ3) is 4.92. The molecule has 0 bridgehead atoms. The second kappa shape index (κ2) is 7.55. The molecule has 0 aliphatic carbocycles. The summed E-state index contributed by atoms with van der Waals surface area (Å²) in [6.45, 7) is 21.0. The topological polar surface area (TPSA) is 0 Å². The maximum Gasteiger partial charge on any atom is -0.00398 e. The van der Waals surface area contributed by atoms with E-state index < -0.39 is 7.92 Å². The maximum absolute atomic E-state index is 2.51. The van der Waals surface area contributed by atoms with Crippen LogP contribution >= 0.6 is 7.92 Å². The fraction of sp³-hybridized carbons (Fsp3) is 0.429. The summed E-state index contributed by atoms with van der Waals surface area (Å²) in [5.74, 6) is 2.47. The Balaban J connectivity index is 2.20. The van der Waals surface area contributed by atoms with Crippen LogP contribution < -0.4 is 5.30 Å². The van der Waals surface area contributed by atoms with Crippen LogP contribution in [0.5, 0.6) is 0 Å². The van der Waals surface area contributed by atoms with Crippen LogP contribution in [0, 0.1) is 5.41 Å². The highest BCUT2D eigenvalue weighted by Gasteiger charge is 2.38. The van der Waals surface area contributed by atoms with E-state index in [0.29, 0.717) is 0 Å². The van der Waals surface area contributed by atoms with Crippen LogP contribution in [0.15, 0.2) is 54.4 Å². The summed E-state index contributed by atoms with van der Waals surface area (Å²) >= 11 is 0. The molecule has 1 atom stereocenters. The number of hydrogen-bond donors (Lipinski definition) is 0. The molecule has 3 rings (SSSR count). The van der Waals surface area contributed by atoms with Gasteiger partial charge in [0.1, 0.15) is 0 Å². The van der Waals surface area contributed by atoms with Crippen LogP contribution in [0.4, 0.5) is 0 Å². The van der Waals surface area contributed by atoms with Crippen LogP contribution in [-0.2, 0) is 10.8 Å². The van der Waals surface area contributed by atoms with Crippen molar-refractivity contribution in [2.75, 3.05) is 0 Å². The molecular weight excluding hydrogens is 367 g/mol. The second-order valence-corrected chi connectivity index (χ2v) is 13.4. The van der Waals surface area contributed by atoms with Crippen LogP contribution in [0.25, 0.3) is 11.4 Å². The number of hydrogen-bond acceptors (Lipinski definition) is 0. The first-order chi connectivity index (χ1) is 13.3. The molecule has 0 aromatic heterocycles. The van der Waals surface area contributed by atoms with E-state index in [1.165, 1.54) is 22.3 Å². The van der Waals surface area contributed by atoms with Crippen molar-refractivity contribution in [2.45, 2.75) is 73.1 Å². The van der Waals surface area contributed by atoms with Crippen molar-refractivity contribution in [2.24, 2.45) is 5.41 Å². The molecule has 0 fully saturated rings. The van der Waals surface area contributed by atoms with E-state index in [1.807, 2.05) is 0 Å². The minimum atomic E-state index is -0.418. The van der Waals surface area contributed by atoms with E-state index in [-0.39, 0.29) is 16.2 Å². The second-order valence-electron chi connectivity index (χ2n) is 11.4. The molecule has 1 unspecified atom stereocenters. The Morgan fingerprint density at radius 1 is 0.759 bits per heavy atom. The van der Waals surface area contributed by atoms with Crippen molar-refractivity contribution in [3.05, 3.63) is 76.6 Å². The minimum Gasteiger partial charge on any atom is -0.0701 e. The fourth-order valence-electron chi connectivity index (χ4n) is 3.73. The summed E-state index contributed by atoms with van der Waals surface area (Å²) in [5, 5.41) is 3.13. The number of benzene rings is 2. The van der Waals surface area contributed by atoms with Crippen molar-refractivity contribution in [1.29, 1.82) is 0 Å². The largest absolute Gasteiger partial charge is 0.0701 e. The Labute approximate surface area is 179 Å². The molecule has 29 heavy (non-hydrogen) atoms. The van der Waals surface area contributed by atoms with E-state index in [4.69, 9.17) is 0 Å². The van der Waals surface area contributed by atoms with E-state index in [0.717, 1.165) is 0 Å². The Morgan fingerprint density at radius 3 is 1.90 bits per heavy atom. The summed E-state index contributed by atoms with van der Waals surface area (Å²) in [6, 6.07) is 15.6. The summed E-state index contributed by atoms with van der Waals surface area (Å²) in [7, 11) is -0.418. The van der Waals surface area contributed by atoms with Gasteiger partial charge in [-0.05, 0) is 63.1 Å². The standard InChI is InChI=1S/C28H37P/c1-26(2,3)19-24-22-17-21(27(4,5)6)18-23(28(7,8)9)25(22)29(24)16-15-20-13-11-10-12-14-20/h10-19H,1-9H3/b16-15-,24-19-. The normalized spacial score (nSPS) is 18.8. The number of fused-ring (bicyclic) bond motifs is 1. The molecule has 0 spiro atoms. The highest BCUT2D eigenvalue weighted by atomic mass is 31.1. The van der Waals surface area contributed by atoms with E-state index in [1.54, 1.807) is 10.6 Å². The van der Waals surface area contributed by atoms with Gasteiger partial charge in [-0.1, -0.05) is 117 Å². The predicted molar refractivity (Wildman–Crippen MR) is 133 cm³/mol. The Bertz CT molecular complexity index is 939. The Kier molecular flexibility index (Phi) is 5.74. The van der Waals surface area contributed by atoms with Crippen LogP contribution in [0.3, 0.4) is 0 Å². The first-order valence-corrected chi connectivity index (χ1v) is 12.1. The average molecular weight is 405 g/mol. The molecule has 154 valence electrons. The van der Waals surface area contributed by atoms with E-state index in [9.17, 15) is 0 Å². The quantitative estimate of drug-likeness (QED) is 0.440. The predicted octanol–water partition coefficient (Wildman–Crippen LogP) is 8.46. The molecule has 0 radical (unpaired) electrons. The number of rotatable bonds is 2. The molecule has 1 heterocycles. The van der Waals surface area contributed by atoms with Gasteiger partial charge in [0.25, 0.3) is 0 Å². The van der Waals surface area contributed by atoms with Gasteiger partial charge < -0.3 is 0 Å². The summed E-state index contributed by atoms with van der Waals surface area (Å²) in [4.78, 5) is 0. The monoisotopic (exact) mass is 404 g/mol. The van der Waals surface area contributed by atoms with Crippen LogP contribution in [0.1, 0.15) is 84.6 Å². The van der Waals surface area contributed by atoms with Gasteiger partial charge in [-0.15, -0.1) is 0 Å². The zero-order chi connectivity index (χ0) is 21.6. The lowest BCUT2D eigenvalue weighted by Gasteiger charge is -2.41. The van der Waals surface area contributed by atoms with Gasteiger partial charge in [-0.2, -0.15) is 0 Å². The summed E-state index contributed by atoms with van der Waals surface area (Å²) < 4.78 is 0. The van der Waals surface area contributed by atoms with Crippen molar-refractivity contribution >= 4 is 24.6 Å². The zero-order valence-corrected chi connectivity index (χ0v) is 20.6. The molecule has 0 N–H and O–H groups in total. The lowest BCUT2D eigenvalue weighted by Crippen LogP contribution is -2.31. The minimum absolute atomic E-state index is 0.139. The molecule has 2 aromatic carbocycles. The third-order valence-electron chi connectivity index (χ3n) is 5.35. The Hall–Kier alpha value is -1.65. The maximum atomic E-state index is 2.51. The van der Waals surface area contributed by atoms with E-state index >= 15 is 0 Å². The zero-order valence-electron chi connectivity index (χ0n) is 19.7. The fourth-order valence-corrected chi connectivity index (χ4v) is 6.50. The molecule has 0 saturated carbocycles. The van der Waals surface area contributed by atoms with Gasteiger partial charge in [-0.3, -0.25) is 0 Å². The SMILES string of the molecule is CC(C)(C)/C=C1/c2cc(C(C)(C)C)cc(C(C)(C)C)c2P1/C=C\c1ccccc1. The van der Waals surface area contributed by atoms with Gasteiger partial charge in [0, 0.05) is 0 Å². The first kappa shape index (κ1) is 22.0. The third-order valence-corrected chi connectivity index (χ3v) is 7.65. The van der Waals surface area contributed by atoms with Gasteiger partial charge in [0.2, 0.25) is 0 Å². The molecule has 0 nitrogen and oxygen atoms in total. The van der Waals surface area contributed by atoms with Gasteiger partial charge in [-0.25, -0.2) is 0 Å². The average Bonchev–Trinajstić information content (AvgIpc) is 2.58. The van der Waals surface area contributed by atoms with Crippen LogP contribution in [0.2, 0.25) is 0 Å². The van der Waals surface area contributed by atoms with Gasteiger partial charge in [0.05, 0.1) is 0 Å². The summed E-state index contributed by atoms with van der Waals surface area (Å²) in [5.41, 5.74) is 6.20. The van der Waals surface area contributed by atoms with Crippen molar-refractivity contribution in [3.8, 4) is 0 Å². The lowest BCUT2D eigenvalue weighted by atomic mass is 9.79. The first-order valence-electron chi connectivity index (χ1n) is 10.7.